The molecule has 4 rings (SSSR count). The predicted molar refractivity (Wildman–Crippen MR) is 110 cm³/mol. The number of Topliss-reactive ketones (excluding diaryl/α,β-unsaturated/α-hetero) is 1. The summed E-state index contributed by atoms with van der Waals surface area (Å²) in [6.45, 7) is 4.37. The third kappa shape index (κ3) is 2.70. The van der Waals surface area contributed by atoms with Crippen molar-refractivity contribution in [2.45, 2.75) is 19.3 Å². The number of carbonyl (C=O) groups is 1. The summed E-state index contributed by atoms with van der Waals surface area (Å²) in [6.07, 6.45) is 6.10. The fraction of sp³-hybridized carbons (Fsp3) is 0.136. The van der Waals surface area contributed by atoms with Crippen LogP contribution in [0.1, 0.15) is 30.5 Å². The molecule has 2 aromatic carbocycles. The van der Waals surface area contributed by atoms with Crippen molar-refractivity contribution < 1.29 is 4.79 Å². The minimum Gasteiger partial charge on any atom is -0.289 e. The van der Waals surface area contributed by atoms with Crippen LogP contribution in [0.25, 0.3) is 11.6 Å². The first kappa shape index (κ1) is 16.7. The van der Waals surface area contributed by atoms with Gasteiger partial charge in [-0.1, -0.05) is 82.1 Å². The third-order valence-electron chi connectivity index (χ3n) is 4.98. The second kappa shape index (κ2) is 5.93. The van der Waals surface area contributed by atoms with Crippen LogP contribution in [-0.2, 0) is 10.2 Å². The quantitative estimate of drug-likeness (QED) is 0.480. The van der Waals surface area contributed by atoms with Gasteiger partial charge in [0.25, 0.3) is 0 Å². The minimum absolute atomic E-state index is 0.0880. The maximum absolute atomic E-state index is 13.3. The number of fused-ring (bicyclic) bond motifs is 2. The van der Waals surface area contributed by atoms with Crippen LogP contribution >= 0.6 is 31.9 Å². The van der Waals surface area contributed by atoms with E-state index in [2.05, 4.69) is 70.0 Å². The summed E-state index contributed by atoms with van der Waals surface area (Å²) in [5, 5.41) is 0. The van der Waals surface area contributed by atoms with Gasteiger partial charge in [-0.05, 0) is 46.5 Å². The summed E-state index contributed by atoms with van der Waals surface area (Å²) in [5.41, 5.74) is 5.75. The van der Waals surface area contributed by atoms with Gasteiger partial charge in [-0.2, -0.15) is 0 Å². The highest BCUT2D eigenvalue weighted by atomic mass is 79.9. The van der Waals surface area contributed by atoms with E-state index >= 15 is 0 Å². The lowest BCUT2D eigenvalue weighted by molar-refractivity contribution is -0.110. The maximum atomic E-state index is 13.3. The lowest BCUT2D eigenvalue weighted by atomic mass is 9.66. The van der Waals surface area contributed by atoms with E-state index in [1.165, 1.54) is 5.56 Å². The fourth-order valence-corrected chi connectivity index (χ4v) is 5.01. The molecular weight excluding hydrogens is 440 g/mol. The highest BCUT2D eigenvalue weighted by molar-refractivity contribution is 9.11. The smallest absolute Gasteiger partial charge is 0.193 e. The van der Waals surface area contributed by atoms with Crippen molar-refractivity contribution in [3.8, 4) is 0 Å². The molecule has 0 unspecified atom stereocenters. The average molecular weight is 456 g/mol. The molecule has 0 N–H and O–H groups in total. The molecular formula is C22H16Br2O. The number of rotatable bonds is 1. The van der Waals surface area contributed by atoms with Crippen LogP contribution in [0.2, 0.25) is 0 Å². The molecule has 0 spiro atoms. The predicted octanol–water partition coefficient (Wildman–Crippen LogP) is 6.48. The first-order valence-electron chi connectivity index (χ1n) is 8.13. The van der Waals surface area contributed by atoms with Crippen molar-refractivity contribution in [1.82, 2.24) is 0 Å². The standard InChI is InChI=1S/C22H16Br2O/c1-22(2)19-6-4-3-5-13(19)11-18-20(22)8-7-17(21(18)25)14-9-15(23)12-16(24)10-14/h3-12H,1-2H3. The van der Waals surface area contributed by atoms with Crippen molar-refractivity contribution in [3.05, 3.63) is 91.4 Å². The van der Waals surface area contributed by atoms with Crippen molar-refractivity contribution in [3.63, 3.8) is 0 Å². The molecule has 0 saturated heterocycles. The molecule has 124 valence electrons. The van der Waals surface area contributed by atoms with E-state index in [1.807, 2.05) is 36.4 Å². The van der Waals surface area contributed by atoms with Gasteiger partial charge >= 0.3 is 0 Å². The van der Waals surface area contributed by atoms with Gasteiger partial charge in [0.1, 0.15) is 0 Å². The lowest BCUT2D eigenvalue weighted by Gasteiger charge is -2.36. The molecule has 0 aliphatic heterocycles. The Morgan fingerprint density at radius 3 is 2.28 bits per heavy atom. The number of ketones is 1. The summed E-state index contributed by atoms with van der Waals surface area (Å²) in [4.78, 5) is 13.3. The number of benzene rings is 2. The number of carbonyl (C=O) groups excluding carboxylic acids is 1. The van der Waals surface area contributed by atoms with E-state index in [0.29, 0.717) is 0 Å². The van der Waals surface area contributed by atoms with Gasteiger partial charge in [-0.3, -0.25) is 4.79 Å². The summed E-state index contributed by atoms with van der Waals surface area (Å²) >= 11 is 7.02. The Hall–Kier alpha value is -1.71. The second-order valence-electron chi connectivity index (χ2n) is 6.92. The first-order valence-corrected chi connectivity index (χ1v) is 9.72. The summed E-state index contributed by atoms with van der Waals surface area (Å²) < 4.78 is 1.90. The first-order chi connectivity index (χ1) is 11.9. The number of hydrogen-bond donors (Lipinski definition) is 0. The third-order valence-corrected chi connectivity index (χ3v) is 5.89. The van der Waals surface area contributed by atoms with Gasteiger partial charge in [-0.15, -0.1) is 0 Å². The molecule has 1 nitrogen and oxygen atoms in total. The largest absolute Gasteiger partial charge is 0.289 e. The highest BCUT2D eigenvalue weighted by Crippen LogP contribution is 2.46. The molecule has 0 fully saturated rings. The molecule has 0 atom stereocenters. The Morgan fingerprint density at radius 2 is 1.56 bits per heavy atom. The van der Waals surface area contributed by atoms with Crippen LogP contribution in [0.3, 0.4) is 0 Å². The van der Waals surface area contributed by atoms with Gasteiger partial charge < -0.3 is 0 Å². The topological polar surface area (TPSA) is 17.1 Å². The summed E-state index contributed by atoms with van der Waals surface area (Å²) in [5.74, 6) is 0.0880. The van der Waals surface area contributed by atoms with E-state index in [1.54, 1.807) is 0 Å². The normalized spacial score (nSPS) is 17.9. The van der Waals surface area contributed by atoms with E-state index in [4.69, 9.17) is 0 Å². The van der Waals surface area contributed by atoms with Gasteiger partial charge in [0.2, 0.25) is 0 Å². The number of halogens is 2. The Balaban J connectivity index is 1.90. The zero-order valence-corrected chi connectivity index (χ0v) is 17.1. The van der Waals surface area contributed by atoms with Crippen LogP contribution in [0.5, 0.6) is 0 Å². The van der Waals surface area contributed by atoms with E-state index in [0.717, 1.165) is 36.8 Å². The Kier molecular flexibility index (Phi) is 3.97. The zero-order chi connectivity index (χ0) is 17.8. The van der Waals surface area contributed by atoms with Crippen molar-refractivity contribution in [2.75, 3.05) is 0 Å². The highest BCUT2D eigenvalue weighted by Gasteiger charge is 2.37. The van der Waals surface area contributed by atoms with Crippen LogP contribution in [0, 0.1) is 0 Å². The van der Waals surface area contributed by atoms with Crippen LogP contribution < -0.4 is 0 Å². The number of hydrogen-bond acceptors (Lipinski definition) is 1. The SMILES string of the molecule is CC1(C)C2=CC=C(c3cc(Br)cc(Br)c3)C(=O)C2=Cc2ccccc21. The molecule has 3 heteroatoms. The van der Waals surface area contributed by atoms with Crippen molar-refractivity contribution >= 4 is 49.3 Å². The molecule has 0 heterocycles. The van der Waals surface area contributed by atoms with E-state index < -0.39 is 0 Å². The molecule has 0 aromatic heterocycles. The van der Waals surface area contributed by atoms with Crippen LogP contribution in [0.15, 0.2) is 74.7 Å². The van der Waals surface area contributed by atoms with Gasteiger partial charge in [0, 0.05) is 25.5 Å². The van der Waals surface area contributed by atoms with Crippen LogP contribution in [0.4, 0.5) is 0 Å². The number of allylic oxidation sites excluding steroid dienone is 5. The molecule has 2 aromatic rings. The van der Waals surface area contributed by atoms with Gasteiger partial charge in [0.05, 0.1) is 0 Å². The van der Waals surface area contributed by atoms with Gasteiger partial charge in [-0.25, -0.2) is 0 Å². The van der Waals surface area contributed by atoms with E-state index in [-0.39, 0.29) is 11.2 Å². The summed E-state index contributed by atoms with van der Waals surface area (Å²) in [7, 11) is 0. The molecule has 0 saturated carbocycles. The minimum atomic E-state index is -0.184. The molecule has 2 aliphatic rings. The zero-order valence-electron chi connectivity index (χ0n) is 13.9. The Morgan fingerprint density at radius 1 is 0.880 bits per heavy atom. The molecule has 25 heavy (non-hydrogen) atoms. The average Bonchev–Trinajstić information content (AvgIpc) is 2.55. The Bertz CT molecular complexity index is 986. The molecule has 0 radical (unpaired) electrons. The van der Waals surface area contributed by atoms with Crippen molar-refractivity contribution in [1.29, 1.82) is 0 Å². The Labute approximate surface area is 164 Å². The monoisotopic (exact) mass is 454 g/mol. The second-order valence-corrected chi connectivity index (χ2v) is 8.75. The van der Waals surface area contributed by atoms with Crippen LogP contribution in [-0.4, -0.2) is 5.78 Å². The maximum Gasteiger partial charge on any atom is 0.193 e. The lowest BCUT2D eigenvalue weighted by Crippen LogP contribution is -2.30. The van der Waals surface area contributed by atoms with Gasteiger partial charge in [0.15, 0.2) is 5.78 Å². The van der Waals surface area contributed by atoms with E-state index in [9.17, 15) is 4.79 Å². The molecule has 0 amide bonds. The molecule has 0 bridgehead atoms. The van der Waals surface area contributed by atoms with Crippen molar-refractivity contribution in [2.24, 2.45) is 0 Å². The summed E-state index contributed by atoms with van der Waals surface area (Å²) in [6, 6.07) is 14.3. The fourth-order valence-electron chi connectivity index (χ4n) is 3.72. The molecule has 2 aliphatic carbocycles.